The average Bonchev–Trinajstić information content (AvgIpc) is 2.44. The van der Waals surface area contributed by atoms with E-state index in [4.69, 9.17) is 10.4 Å². The Morgan fingerprint density at radius 3 is 1.50 bits per heavy atom. The predicted molar refractivity (Wildman–Crippen MR) is 62.5 cm³/mol. The highest BCUT2D eigenvalue weighted by molar-refractivity contribution is 6.01. The second-order valence-electron chi connectivity index (χ2n) is 3.66. The highest BCUT2D eigenvalue weighted by atomic mass is 16.5. The Morgan fingerprint density at radius 1 is 0.778 bits per heavy atom. The normalized spacial score (nSPS) is 10.1. The number of hydrogen-bond donors (Lipinski definition) is 4. The van der Waals surface area contributed by atoms with Crippen molar-refractivity contribution in [2.45, 2.75) is 0 Å². The zero-order valence-electron chi connectivity index (χ0n) is 9.18. The van der Waals surface area contributed by atoms with Gasteiger partial charge in [-0.1, -0.05) is 12.1 Å². The summed E-state index contributed by atoms with van der Waals surface area (Å²) >= 11 is 0. The smallest absolute Gasteiger partial charge is 0.274 e. The van der Waals surface area contributed by atoms with Crippen molar-refractivity contribution >= 4 is 22.6 Å². The van der Waals surface area contributed by atoms with Gasteiger partial charge >= 0.3 is 0 Å². The average molecular weight is 246 g/mol. The van der Waals surface area contributed by atoms with Crippen LogP contribution in [0.2, 0.25) is 0 Å². The molecule has 0 unspecified atom stereocenters. The monoisotopic (exact) mass is 246 g/mol. The fourth-order valence-corrected chi connectivity index (χ4v) is 1.66. The van der Waals surface area contributed by atoms with E-state index in [-0.39, 0.29) is 0 Å². The molecule has 0 fully saturated rings. The topological polar surface area (TPSA) is 98.7 Å². The molecule has 0 saturated heterocycles. The second kappa shape index (κ2) is 4.82. The highest BCUT2D eigenvalue weighted by Gasteiger charge is 2.07. The van der Waals surface area contributed by atoms with E-state index in [1.165, 1.54) is 12.1 Å². The van der Waals surface area contributed by atoms with Crippen LogP contribution >= 0.6 is 0 Å². The molecule has 0 atom stereocenters. The van der Waals surface area contributed by atoms with Gasteiger partial charge in [0, 0.05) is 11.1 Å². The number of nitrogens with one attached hydrogen (secondary N) is 2. The molecule has 2 aromatic carbocycles. The van der Waals surface area contributed by atoms with E-state index >= 15 is 0 Å². The van der Waals surface area contributed by atoms with Crippen LogP contribution in [0.3, 0.4) is 0 Å². The van der Waals surface area contributed by atoms with Crippen molar-refractivity contribution in [3.63, 3.8) is 0 Å². The van der Waals surface area contributed by atoms with Gasteiger partial charge in [0.1, 0.15) is 0 Å². The molecule has 2 amide bonds. The number of amides is 2. The molecule has 4 N–H and O–H groups in total. The first-order chi connectivity index (χ1) is 8.65. The minimum atomic E-state index is -0.603. The van der Waals surface area contributed by atoms with Crippen molar-refractivity contribution in [3.05, 3.63) is 47.5 Å². The molecule has 0 heterocycles. The molecular formula is C12H10N2O4. The summed E-state index contributed by atoms with van der Waals surface area (Å²) in [7, 11) is 0. The molecule has 0 aliphatic heterocycles. The molecule has 18 heavy (non-hydrogen) atoms. The molecule has 0 aromatic heterocycles. The van der Waals surface area contributed by atoms with E-state index in [0.29, 0.717) is 11.1 Å². The third kappa shape index (κ3) is 2.15. The van der Waals surface area contributed by atoms with Crippen LogP contribution in [0, 0.1) is 0 Å². The first-order valence-electron chi connectivity index (χ1n) is 5.08. The van der Waals surface area contributed by atoms with Crippen LogP contribution in [0.5, 0.6) is 0 Å². The van der Waals surface area contributed by atoms with Gasteiger partial charge in [0.05, 0.1) is 0 Å². The van der Waals surface area contributed by atoms with Crippen LogP contribution in [0.25, 0.3) is 10.8 Å². The lowest BCUT2D eigenvalue weighted by Crippen LogP contribution is -2.19. The Balaban J connectivity index is 2.48. The molecule has 0 aliphatic carbocycles. The van der Waals surface area contributed by atoms with E-state index in [1.54, 1.807) is 35.2 Å². The number of fused-ring (bicyclic) bond motifs is 1. The van der Waals surface area contributed by atoms with Gasteiger partial charge in [0.25, 0.3) is 11.8 Å². The first-order valence-corrected chi connectivity index (χ1v) is 5.08. The molecule has 2 aromatic rings. The number of carbonyl (C=O) groups excluding carboxylic acids is 2. The summed E-state index contributed by atoms with van der Waals surface area (Å²) in [5, 5.41) is 18.5. The maximum Gasteiger partial charge on any atom is 0.274 e. The number of hydrogen-bond acceptors (Lipinski definition) is 4. The van der Waals surface area contributed by atoms with E-state index < -0.39 is 11.8 Å². The Labute approximate surface area is 102 Å². The van der Waals surface area contributed by atoms with Gasteiger partial charge in [-0.05, 0) is 35.0 Å². The standard InChI is InChI=1S/C12H10N2O4/c15-11(13-17)9-3-1-7-5-10(12(16)14-18)4-2-8(7)6-9/h1-6,17-18H,(H,13,15)(H,14,16). The Kier molecular flexibility index (Phi) is 3.22. The second-order valence-corrected chi connectivity index (χ2v) is 3.66. The fraction of sp³-hybridized carbons (Fsp3) is 0. The van der Waals surface area contributed by atoms with Gasteiger partial charge in [0.15, 0.2) is 0 Å². The molecule has 2 rings (SSSR count). The van der Waals surface area contributed by atoms with Gasteiger partial charge < -0.3 is 0 Å². The quantitative estimate of drug-likeness (QED) is 0.470. The Morgan fingerprint density at radius 2 is 1.17 bits per heavy atom. The summed E-state index contributed by atoms with van der Waals surface area (Å²) in [5.74, 6) is -1.21. The van der Waals surface area contributed by atoms with Crippen LogP contribution < -0.4 is 11.0 Å². The molecule has 6 heteroatoms. The minimum absolute atomic E-state index is 0.310. The maximum absolute atomic E-state index is 11.2. The molecule has 92 valence electrons. The van der Waals surface area contributed by atoms with Crippen molar-refractivity contribution in [3.8, 4) is 0 Å². The van der Waals surface area contributed by atoms with Gasteiger partial charge in [-0.3, -0.25) is 20.0 Å². The molecule has 0 radical (unpaired) electrons. The third-order valence-corrected chi connectivity index (χ3v) is 2.57. The maximum atomic E-state index is 11.2. The van der Waals surface area contributed by atoms with E-state index in [0.717, 1.165) is 10.8 Å². The molecule has 0 spiro atoms. The van der Waals surface area contributed by atoms with Crippen LogP contribution in [0.1, 0.15) is 20.7 Å². The summed E-state index contributed by atoms with van der Waals surface area (Å²) in [4.78, 5) is 22.4. The number of hydroxylamine groups is 2. The highest BCUT2D eigenvalue weighted by Crippen LogP contribution is 2.18. The van der Waals surface area contributed by atoms with Crippen molar-refractivity contribution in [1.29, 1.82) is 0 Å². The zero-order valence-corrected chi connectivity index (χ0v) is 9.18. The van der Waals surface area contributed by atoms with Crippen molar-refractivity contribution in [1.82, 2.24) is 11.0 Å². The summed E-state index contributed by atoms with van der Waals surface area (Å²) in [6.07, 6.45) is 0. The SMILES string of the molecule is O=C(NO)c1ccc2cc(C(=O)NO)ccc2c1. The van der Waals surface area contributed by atoms with Gasteiger partial charge in [0.2, 0.25) is 0 Å². The predicted octanol–water partition coefficient (Wildman–Crippen LogP) is 1.08. The Bertz CT molecular complexity index is 569. The lowest BCUT2D eigenvalue weighted by Gasteiger charge is -2.04. The van der Waals surface area contributed by atoms with Crippen molar-refractivity contribution in [2.75, 3.05) is 0 Å². The lowest BCUT2D eigenvalue weighted by molar-refractivity contribution is 0.0702. The van der Waals surface area contributed by atoms with Gasteiger partial charge in [-0.2, -0.15) is 0 Å². The van der Waals surface area contributed by atoms with Crippen LogP contribution in [-0.4, -0.2) is 22.2 Å². The number of carbonyl (C=O) groups is 2. The third-order valence-electron chi connectivity index (χ3n) is 2.57. The summed E-state index contributed by atoms with van der Waals surface area (Å²) < 4.78 is 0. The minimum Gasteiger partial charge on any atom is -0.288 e. The summed E-state index contributed by atoms with van der Waals surface area (Å²) in [6, 6.07) is 9.51. The number of rotatable bonds is 2. The van der Waals surface area contributed by atoms with Gasteiger partial charge in [-0.25, -0.2) is 11.0 Å². The molecule has 0 aliphatic rings. The largest absolute Gasteiger partial charge is 0.288 e. The zero-order chi connectivity index (χ0) is 13.1. The van der Waals surface area contributed by atoms with E-state index in [2.05, 4.69) is 0 Å². The summed E-state index contributed by atoms with van der Waals surface area (Å²) in [5.41, 5.74) is 3.72. The lowest BCUT2D eigenvalue weighted by atomic mass is 10.0. The van der Waals surface area contributed by atoms with Gasteiger partial charge in [-0.15, -0.1) is 0 Å². The van der Waals surface area contributed by atoms with Crippen LogP contribution in [0.15, 0.2) is 36.4 Å². The Hall–Kier alpha value is -2.44. The van der Waals surface area contributed by atoms with Crippen molar-refractivity contribution < 1.29 is 20.0 Å². The summed E-state index contributed by atoms with van der Waals surface area (Å²) in [6.45, 7) is 0. The first kappa shape index (κ1) is 12.0. The van der Waals surface area contributed by atoms with E-state index in [1.807, 2.05) is 0 Å². The van der Waals surface area contributed by atoms with Crippen molar-refractivity contribution in [2.24, 2.45) is 0 Å². The molecule has 6 nitrogen and oxygen atoms in total. The molecule has 0 bridgehead atoms. The molecular weight excluding hydrogens is 236 g/mol. The van der Waals surface area contributed by atoms with Crippen LogP contribution in [-0.2, 0) is 0 Å². The van der Waals surface area contributed by atoms with E-state index in [9.17, 15) is 9.59 Å². The van der Waals surface area contributed by atoms with Crippen LogP contribution in [0.4, 0.5) is 0 Å². The number of benzene rings is 2. The molecule has 0 saturated carbocycles. The fourth-order valence-electron chi connectivity index (χ4n) is 1.66.